The Bertz CT molecular complexity index is 909. The van der Waals surface area contributed by atoms with Crippen molar-refractivity contribution in [2.75, 3.05) is 12.4 Å². The summed E-state index contributed by atoms with van der Waals surface area (Å²) in [7, 11) is 1.54. The number of hydrogen-bond acceptors (Lipinski definition) is 4. The van der Waals surface area contributed by atoms with E-state index >= 15 is 0 Å². The number of aromatic nitrogens is 1. The molecule has 130 valence electrons. The maximum atomic E-state index is 12.1. The Morgan fingerprint density at radius 2 is 1.62 bits per heavy atom. The Kier molecular flexibility index (Phi) is 5.24. The zero-order valence-corrected chi connectivity index (χ0v) is 14.1. The first-order valence-electron chi connectivity index (χ1n) is 7.99. The van der Waals surface area contributed by atoms with Crippen molar-refractivity contribution in [2.24, 2.45) is 0 Å². The van der Waals surface area contributed by atoms with E-state index in [-0.39, 0.29) is 17.7 Å². The smallest absolute Gasteiger partial charge is 0.256 e. The van der Waals surface area contributed by atoms with Crippen molar-refractivity contribution in [2.45, 2.75) is 0 Å². The highest BCUT2D eigenvalue weighted by Gasteiger charge is 2.13. The molecule has 0 saturated carbocycles. The van der Waals surface area contributed by atoms with Crippen molar-refractivity contribution in [3.05, 3.63) is 84.1 Å². The average molecular weight is 347 g/mol. The molecule has 2 amide bonds. The highest BCUT2D eigenvalue weighted by Crippen LogP contribution is 2.24. The van der Waals surface area contributed by atoms with Crippen LogP contribution in [0.4, 0.5) is 5.69 Å². The Morgan fingerprint density at radius 3 is 2.31 bits per heavy atom. The number of pyridine rings is 1. The number of nitrogens with zero attached hydrogens (tertiary/aromatic N) is 1. The largest absolute Gasteiger partial charge is 0.438 e. The average Bonchev–Trinajstić information content (AvgIpc) is 2.70. The number of amides is 2. The van der Waals surface area contributed by atoms with Gasteiger partial charge in [0.25, 0.3) is 11.8 Å². The molecule has 1 aromatic heterocycles. The van der Waals surface area contributed by atoms with E-state index in [0.717, 1.165) is 0 Å². The molecule has 6 heteroatoms. The van der Waals surface area contributed by atoms with Gasteiger partial charge in [0.1, 0.15) is 11.3 Å². The molecule has 0 aliphatic heterocycles. The number of benzene rings is 2. The van der Waals surface area contributed by atoms with Crippen LogP contribution in [0, 0.1) is 0 Å². The summed E-state index contributed by atoms with van der Waals surface area (Å²) in [5.41, 5.74) is 1.56. The second-order valence-corrected chi connectivity index (χ2v) is 5.38. The molecule has 2 aromatic carbocycles. The van der Waals surface area contributed by atoms with E-state index in [1.54, 1.807) is 61.8 Å². The predicted molar refractivity (Wildman–Crippen MR) is 98.5 cm³/mol. The van der Waals surface area contributed by atoms with E-state index in [1.807, 2.05) is 18.2 Å². The van der Waals surface area contributed by atoms with Crippen LogP contribution in [0.1, 0.15) is 20.7 Å². The number of ether oxygens (including phenoxy) is 1. The molecule has 0 radical (unpaired) electrons. The van der Waals surface area contributed by atoms with Gasteiger partial charge in [0, 0.05) is 24.5 Å². The van der Waals surface area contributed by atoms with Crippen LogP contribution in [-0.2, 0) is 0 Å². The molecule has 3 rings (SSSR count). The minimum atomic E-state index is -0.278. The van der Waals surface area contributed by atoms with Gasteiger partial charge >= 0.3 is 0 Å². The first kappa shape index (κ1) is 17.2. The molecule has 3 aromatic rings. The third-order valence-corrected chi connectivity index (χ3v) is 3.61. The molecule has 1 heterocycles. The summed E-state index contributed by atoms with van der Waals surface area (Å²) in [4.78, 5) is 28.1. The highest BCUT2D eigenvalue weighted by molar-refractivity contribution is 6.04. The molecule has 6 nitrogen and oxygen atoms in total. The monoisotopic (exact) mass is 347 g/mol. The molecule has 2 N–H and O–H groups in total. The molecule has 0 aliphatic carbocycles. The van der Waals surface area contributed by atoms with Crippen molar-refractivity contribution in [1.82, 2.24) is 10.3 Å². The molecular weight excluding hydrogens is 330 g/mol. The lowest BCUT2D eigenvalue weighted by Gasteiger charge is -2.10. The highest BCUT2D eigenvalue weighted by atomic mass is 16.5. The molecule has 0 saturated heterocycles. The van der Waals surface area contributed by atoms with Crippen molar-refractivity contribution in [1.29, 1.82) is 0 Å². The molecule has 0 atom stereocenters. The summed E-state index contributed by atoms with van der Waals surface area (Å²) in [6, 6.07) is 19.1. The van der Waals surface area contributed by atoms with E-state index in [4.69, 9.17) is 4.74 Å². The lowest BCUT2D eigenvalue weighted by Crippen LogP contribution is -2.18. The lowest BCUT2D eigenvalue weighted by molar-refractivity contribution is 0.0959. The third-order valence-electron chi connectivity index (χ3n) is 3.61. The van der Waals surface area contributed by atoms with Crippen LogP contribution < -0.4 is 15.4 Å². The van der Waals surface area contributed by atoms with Gasteiger partial charge in [0.15, 0.2) is 0 Å². The van der Waals surface area contributed by atoms with Crippen LogP contribution in [0.5, 0.6) is 11.6 Å². The van der Waals surface area contributed by atoms with Crippen molar-refractivity contribution in [3.8, 4) is 11.6 Å². The fourth-order valence-corrected chi connectivity index (χ4v) is 2.29. The Hall–Kier alpha value is -3.67. The standard InChI is InChI=1S/C20H17N3O3/c1-21-19(25)17-8-5-13-22-20(17)26-16-11-9-15(10-12-16)23-18(24)14-6-3-2-4-7-14/h2-13H,1H3,(H,21,25)(H,23,24). The number of carbonyl (C=O) groups excluding carboxylic acids is 2. The van der Waals surface area contributed by atoms with E-state index < -0.39 is 0 Å². The number of anilines is 1. The quantitative estimate of drug-likeness (QED) is 0.740. The van der Waals surface area contributed by atoms with Gasteiger partial charge in [-0.3, -0.25) is 9.59 Å². The van der Waals surface area contributed by atoms with Crippen LogP contribution in [-0.4, -0.2) is 23.8 Å². The van der Waals surface area contributed by atoms with Crippen LogP contribution >= 0.6 is 0 Å². The number of rotatable bonds is 5. The van der Waals surface area contributed by atoms with E-state index in [2.05, 4.69) is 15.6 Å². The van der Waals surface area contributed by atoms with Gasteiger partial charge in [-0.1, -0.05) is 18.2 Å². The van der Waals surface area contributed by atoms with E-state index in [0.29, 0.717) is 22.6 Å². The number of hydrogen-bond donors (Lipinski definition) is 2. The lowest BCUT2D eigenvalue weighted by atomic mass is 10.2. The predicted octanol–water partition coefficient (Wildman–Crippen LogP) is 3.49. The summed E-state index contributed by atoms with van der Waals surface area (Å²) in [6.45, 7) is 0. The summed E-state index contributed by atoms with van der Waals surface area (Å²) in [6.07, 6.45) is 1.55. The fraction of sp³-hybridized carbons (Fsp3) is 0.0500. The maximum absolute atomic E-state index is 12.1. The second kappa shape index (κ2) is 7.94. The molecule has 0 unspecified atom stereocenters. The van der Waals surface area contributed by atoms with Gasteiger partial charge < -0.3 is 15.4 Å². The first-order valence-corrected chi connectivity index (χ1v) is 7.99. The molecular formula is C20H17N3O3. The summed E-state index contributed by atoms with van der Waals surface area (Å²) in [5.74, 6) is 0.255. The normalized spacial score (nSPS) is 10.0. The topological polar surface area (TPSA) is 80.3 Å². The van der Waals surface area contributed by atoms with Gasteiger partial charge in [-0.15, -0.1) is 0 Å². The summed E-state index contributed by atoms with van der Waals surface area (Å²) >= 11 is 0. The first-order chi connectivity index (χ1) is 12.7. The second-order valence-electron chi connectivity index (χ2n) is 5.38. The van der Waals surface area contributed by atoms with Crippen LogP contribution in [0.25, 0.3) is 0 Å². The molecule has 26 heavy (non-hydrogen) atoms. The maximum Gasteiger partial charge on any atom is 0.256 e. The van der Waals surface area contributed by atoms with Gasteiger partial charge in [0.2, 0.25) is 5.88 Å². The Balaban J connectivity index is 1.71. The van der Waals surface area contributed by atoms with E-state index in [9.17, 15) is 9.59 Å². The van der Waals surface area contributed by atoms with Gasteiger partial charge in [-0.05, 0) is 48.5 Å². The third kappa shape index (κ3) is 4.05. The Labute approximate surface area is 150 Å². The fourth-order valence-electron chi connectivity index (χ4n) is 2.29. The van der Waals surface area contributed by atoms with Crippen LogP contribution in [0.2, 0.25) is 0 Å². The molecule has 0 bridgehead atoms. The summed E-state index contributed by atoms with van der Waals surface area (Å²) < 4.78 is 5.69. The number of nitrogens with one attached hydrogen (secondary N) is 2. The SMILES string of the molecule is CNC(=O)c1cccnc1Oc1ccc(NC(=O)c2ccccc2)cc1. The van der Waals surface area contributed by atoms with Crippen molar-refractivity contribution >= 4 is 17.5 Å². The number of carbonyl (C=O) groups is 2. The minimum absolute atomic E-state index is 0.189. The van der Waals surface area contributed by atoms with Gasteiger partial charge in [-0.2, -0.15) is 0 Å². The zero-order chi connectivity index (χ0) is 18.4. The van der Waals surface area contributed by atoms with Gasteiger partial charge in [0.05, 0.1) is 0 Å². The van der Waals surface area contributed by atoms with Crippen LogP contribution in [0.3, 0.4) is 0 Å². The zero-order valence-electron chi connectivity index (χ0n) is 14.1. The van der Waals surface area contributed by atoms with Crippen molar-refractivity contribution in [3.63, 3.8) is 0 Å². The van der Waals surface area contributed by atoms with E-state index in [1.165, 1.54) is 0 Å². The molecule has 0 aliphatic rings. The molecule has 0 fully saturated rings. The summed E-state index contributed by atoms with van der Waals surface area (Å²) in [5, 5.41) is 5.36. The van der Waals surface area contributed by atoms with Crippen molar-refractivity contribution < 1.29 is 14.3 Å². The minimum Gasteiger partial charge on any atom is -0.438 e. The Morgan fingerprint density at radius 1 is 0.885 bits per heavy atom. The van der Waals surface area contributed by atoms with Gasteiger partial charge in [-0.25, -0.2) is 4.98 Å². The molecule has 0 spiro atoms. The van der Waals surface area contributed by atoms with Crippen LogP contribution in [0.15, 0.2) is 72.9 Å².